The third-order valence-electron chi connectivity index (χ3n) is 11.4. The first-order chi connectivity index (χ1) is 25.0. The van der Waals surface area contributed by atoms with E-state index < -0.39 is 0 Å². The van der Waals surface area contributed by atoms with Crippen LogP contribution in [-0.2, 0) is 12.5 Å². The van der Waals surface area contributed by atoms with Crippen molar-refractivity contribution in [3.8, 4) is 33.9 Å². The predicted octanol–water partition coefficient (Wildman–Crippen LogP) is 11.7. The Morgan fingerprint density at radius 3 is 1.90 bits per heavy atom. The average molecular weight is 655 g/mol. The molecule has 10 aromatic rings. The van der Waals surface area contributed by atoms with Gasteiger partial charge >= 0.3 is 0 Å². The maximum atomic E-state index is 5.10. The summed E-state index contributed by atoms with van der Waals surface area (Å²) in [4.78, 5) is 5.10. The predicted molar refractivity (Wildman–Crippen MR) is 212 cm³/mol. The Morgan fingerprint density at radius 2 is 1.14 bits per heavy atom. The van der Waals surface area contributed by atoms with Gasteiger partial charge in [-0.05, 0) is 65.2 Å². The highest BCUT2D eigenvalue weighted by Gasteiger charge is 2.41. The molecule has 0 aliphatic heterocycles. The van der Waals surface area contributed by atoms with E-state index in [4.69, 9.17) is 4.98 Å². The second kappa shape index (κ2) is 10.1. The van der Waals surface area contributed by atoms with Crippen molar-refractivity contribution in [2.75, 3.05) is 0 Å². The van der Waals surface area contributed by atoms with Crippen LogP contribution in [-0.4, -0.2) is 18.7 Å². The molecule has 0 spiro atoms. The number of hydrogen-bond acceptors (Lipinski definition) is 1. The van der Waals surface area contributed by atoms with Crippen LogP contribution in [0.5, 0.6) is 0 Å². The fourth-order valence-corrected chi connectivity index (χ4v) is 9.26. The minimum Gasteiger partial charge on any atom is -0.327 e. The van der Waals surface area contributed by atoms with Crippen LogP contribution in [0.1, 0.15) is 25.0 Å². The molecule has 1 aliphatic carbocycles. The van der Waals surface area contributed by atoms with Gasteiger partial charge in [-0.1, -0.05) is 117 Å². The molecule has 0 saturated carbocycles. The molecule has 0 saturated heterocycles. The van der Waals surface area contributed by atoms with E-state index >= 15 is 0 Å². The fourth-order valence-electron chi connectivity index (χ4n) is 9.26. The molecule has 1 aliphatic rings. The molecule has 0 amide bonds. The largest absolute Gasteiger partial charge is 0.327 e. The molecule has 0 bridgehead atoms. The lowest BCUT2D eigenvalue weighted by Gasteiger charge is -2.23. The number of nitrogens with zero attached hydrogens (tertiary/aromatic N) is 4. The number of rotatable bonds is 3. The van der Waals surface area contributed by atoms with E-state index in [1.165, 1.54) is 71.6 Å². The average Bonchev–Trinajstić information content (AvgIpc) is 3.87. The summed E-state index contributed by atoms with van der Waals surface area (Å²) >= 11 is 0. The molecular weight excluding hydrogens is 621 g/mol. The number of hydrogen-bond donors (Lipinski definition) is 0. The molecule has 0 fully saturated rings. The van der Waals surface area contributed by atoms with Gasteiger partial charge in [-0.2, -0.15) is 0 Å². The number of benzene rings is 7. The molecule has 0 radical (unpaired) electrons. The normalized spacial score (nSPS) is 13.5. The number of aromatic nitrogens is 4. The minimum absolute atomic E-state index is 0.222. The van der Waals surface area contributed by atoms with Crippen molar-refractivity contribution in [1.82, 2.24) is 18.7 Å². The lowest BCUT2D eigenvalue weighted by Crippen LogP contribution is -2.15. The minimum atomic E-state index is -0.222. The maximum Gasteiger partial charge on any atom is 0.140 e. The van der Waals surface area contributed by atoms with Crippen molar-refractivity contribution in [2.24, 2.45) is 7.05 Å². The molecule has 3 heterocycles. The number of para-hydroxylation sites is 5. The van der Waals surface area contributed by atoms with Gasteiger partial charge in [-0.25, -0.2) is 4.98 Å². The summed E-state index contributed by atoms with van der Waals surface area (Å²) in [6, 6.07) is 55.2. The highest BCUT2D eigenvalue weighted by molar-refractivity contribution is 6.31. The SMILES string of the molecule is Cn1c(-c2cccc(-n3c4ccccc4c4c5c(c6c(c7ccccc7n6-c6ccccc6)c43)-c3ccccc3C5(C)C)c2)nc2ccccc21. The number of imidazole rings is 1. The van der Waals surface area contributed by atoms with Gasteiger partial charge in [0, 0.05) is 56.5 Å². The smallest absolute Gasteiger partial charge is 0.140 e. The topological polar surface area (TPSA) is 27.7 Å². The van der Waals surface area contributed by atoms with E-state index in [2.05, 4.69) is 186 Å². The zero-order chi connectivity index (χ0) is 34.0. The van der Waals surface area contributed by atoms with Gasteiger partial charge in [-0.15, -0.1) is 0 Å². The van der Waals surface area contributed by atoms with E-state index in [0.29, 0.717) is 0 Å². The quantitative estimate of drug-likeness (QED) is 0.186. The van der Waals surface area contributed by atoms with Crippen LogP contribution in [0.2, 0.25) is 0 Å². The summed E-state index contributed by atoms with van der Waals surface area (Å²) in [6.45, 7) is 4.83. The second-order valence-electron chi connectivity index (χ2n) is 14.4. The van der Waals surface area contributed by atoms with E-state index in [1.807, 2.05) is 0 Å². The highest BCUT2D eigenvalue weighted by Crippen LogP contribution is 2.58. The van der Waals surface area contributed by atoms with Crippen molar-refractivity contribution in [3.63, 3.8) is 0 Å². The molecule has 4 nitrogen and oxygen atoms in total. The monoisotopic (exact) mass is 654 g/mol. The van der Waals surface area contributed by atoms with Crippen molar-refractivity contribution in [1.29, 1.82) is 0 Å². The van der Waals surface area contributed by atoms with Gasteiger partial charge in [0.05, 0.1) is 33.1 Å². The highest BCUT2D eigenvalue weighted by atomic mass is 15.1. The first-order valence-corrected chi connectivity index (χ1v) is 17.7. The molecule has 0 unspecified atom stereocenters. The van der Waals surface area contributed by atoms with Gasteiger partial charge in [0.2, 0.25) is 0 Å². The van der Waals surface area contributed by atoms with E-state index in [0.717, 1.165) is 28.1 Å². The summed E-state index contributed by atoms with van der Waals surface area (Å²) in [5.74, 6) is 0.960. The van der Waals surface area contributed by atoms with Crippen molar-refractivity contribution in [2.45, 2.75) is 19.3 Å². The van der Waals surface area contributed by atoms with Gasteiger partial charge in [0.1, 0.15) is 5.82 Å². The maximum absolute atomic E-state index is 5.10. The number of fused-ring (bicyclic) bond motifs is 13. The molecule has 242 valence electrons. The Kier molecular flexibility index (Phi) is 5.63. The first kappa shape index (κ1) is 28.4. The summed E-state index contributed by atoms with van der Waals surface area (Å²) < 4.78 is 7.25. The Balaban J connectivity index is 1.37. The van der Waals surface area contributed by atoms with Gasteiger partial charge in [-0.3, -0.25) is 0 Å². The molecule has 51 heavy (non-hydrogen) atoms. The second-order valence-corrected chi connectivity index (χ2v) is 14.4. The van der Waals surface area contributed by atoms with Crippen molar-refractivity contribution < 1.29 is 0 Å². The molecule has 11 rings (SSSR count). The molecule has 0 atom stereocenters. The van der Waals surface area contributed by atoms with Crippen LogP contribution >= 0.6 is 0 Å². The zero-order valence-electron chi connectivity index (χ0n) is 28.7. The standard InChI is InChI=1S/C47H34N4/c1-47(2)35-23-10-7-20-32(35)40-43(47)41-33-21-8-12-25-37(33)51(31-19-15-16-29(28-31)46-48-36-24-11-14-27-39(36)49(46)3)45(41)42-34-22-9-13-26-38(34)50(44(40)42)30-17-5-4-6-18-30/h4-28H,1-3H3. The molecule has 3 aromatic heterocycles. The van der Waals surface area contributed by atoms with Crippen LogP contribution in [0.15, 0.2) is 152 Å². The Morgan fingerprint density at radius 1 is 0.529 bits per heavy atom. The Hall–Kier alpha value is -6.39. The van der Waals surface area contributed by atoms with Gasteiger partial charge in [0.15, 0.2) is 0 Å². The lowest BCUT2D eigenvalue weighted by molar-refractivity contribution is 0.667. The van der Waals surface area contributed by atoms with Crippen molar-refractivity contribution >= 4 is 54.6 Å². The Bertz CT molecular complexity index is 3060. The van der Waals surface area contributed by atoms with Gasteiger partial charge < -0.3 is 13.7 Å². The van der Waals surface area contributed by atoms with E-state index in [-0.39, 0.29) is 5.41 Å². The Labute approximate surface area is 295 Å². The van der Waals surface area contributed by atoms with Gasteiger partial charge in [0.25, 0.3) is 0 Å². The lowest BCUT2D eigenvalue weighted by atomic mass is 9.80. The summed E-state index contributed by atoms with van der Waals surface area (Å²) in [5, 5.41) is 5.14. The molecular formula is C47H34N4. The van der Waals surface area contributed by atoms with Crippen LogP contribution < -0.4 is 0 Å². The van der Waals surface area contributed by atoms with Crippen LogP contribution in [0.4, 0.5) is 0 Å². The summed E-state index contributed by atoms with van der Waals surface area (Å²) in [7, 11) is 2.11. The zero-order valence-corrected chi connectivity index (χ0v) is 28.7. The fraction of sp³-hybridized carbons (Fsp3) is 0.0851. The summed E-state index contributed by atoms with van der Waals surface area (Å²) in [5.41, 5.74) is 15.6. The van der Waals surface area contributed by atoms with Crippen LogP contribution in [0.25, 0.3) is 88.5 Å². The molecule has 7 aromatic carbocycles. The molecule has 4 heteroatoms. The van der Waals surface area contributed by atoms with Crippen LogP contribution in [0.3, 0.4) is 0 Å². The van der Waals surface area contributed by atoms with Crippen molar-refractivity contribution in [3.05, 3.63) is 163 Å². The molecule has 0 N–H and O–H groups in total. The number of aryl methyl sites for hydroxylation is 1. The third-order valence-corrected chi connectivity index (χ3v) is 11.4. The van der Waals surface area contributed by atoms with E-state index in [1.54, 1.807) is 0 Å². The van der Waals surface area contributed by atoms with E-state index in [9.17, 15) is 0 Å². The third kappa shape index (κ3) is 3.66. The summed E-state index contributed by atoms with van der Waals surface area (Å²) in [6.07, 6.45) is 0. The van der Waals surface area contributed by atoms with Crippen LogP contribution in [0, 0.1) is 0 Å². The first-order valence-electron chi connectivity index (χ1n) is 17.7.